The summed E-state index contributed by atoms with van der Waals surface area (Å²) in [5.41, 5.74) is 1.78. The molecule has 164 valence electrons. The summed E-state index contributed by atoms with van der Waals surface area (Å²) in [7, 11) is 5.03. The fourth-order valence-corrected chi connectivity index (χ4v) is 3.91. The Hall–Kier alpha value is -2.58. The number of carbonyl (C=O) groups excluding carboxylic acids is 2. The van der Waals surface area contributed by atoms with Gasteiger partial charge in [-0.15, -0.1) is 11.3 Å². The molecule has 0 aliphatic rings. The molecule has 0 aliphatic carbocycles. The molecule has 2 rings (SSSR count). The molecule has 2 aromatic rings. The molecule has 0 saturated carbocycles. The molecule has 0 spiro atoms. The van der Waals surface area contributed by atoms with Crippen molar-refractivity contribution in [2.24, 2.45) is 0 Å². The molecule has 1 N–H and O–H groups in total. The zero-order valence-electron chi connectivity index (χ0n) is 18.4. The number of hydrogen-bond donors (Lipinski definition) is 1. The lowest BCUT2D eigenvalue weighted by atomic mass is 10.0. The van der Waals surface area contributed by atoms with Crippen LogP contribution in [0.15, 0.2) is 23.6 Å². The van der Waals surface area contributed by atoms with Gasteiger partial charge in [-0.25, -0.2) is 4.79 Å². The monoisotopic (exact) mass is 434 g/mol. The van der Waals surface area contributed by atoms with Crippen molar-refractivity contribution in [1.29, 1.82) is 0 Å². The number of benzene rings is 1. The van der Waals surface area contributed by atoms with Gasteiger partial charge in [-0.2, -0.15) is 0 Å². The molecule has 1 heterocycles. The number of amides is 1. The second-order valence-electron chi connectivity index (χ2n) is 6.86. The minimum atomic E-state index is -0.478. The minimum absolute atomic E-state index is 0.177. The van der Waals surface area contributed by atoms with Crippen LogP contribution in [0.1, 0.15) is 37.6 Å². The fourth-order valence-electron chi connectivity index (χ4n) is 2.93. The van der Waals surface area contributed by atoms with Gasteiger partial charge in [0.15, 0.2) is 11.5 Å². The molecular weight excluding hydrogens is 404 g/mol. The van der Waals surface area contributed by atoms with Crippen molar-refractivity contribution in [3.8, 4) is 22.6 Å². The molecule has 0 fully saturated rings. The lowest BCUT2D eigenvalue weighted by Crippen LogP contribution is -2.36. The molecule has 8 heteroatoms. The first-order valence-electron chi connectivity index (χ1n) is 9.87. The third kappa shape index (κ3) is 5.52. The highest BCUT2D eigenvalue weighted by molar-refractivity contribution is 7.15. The largest absolute Gasteiger partial charge is 0.493 e. The second-order valence-corrected chi connectivity index (χ2v) is 7.74. The van der Waals surface area contributed by atoms with Crippen LogP contribution >= 0.6 is 11.3 Å². The summed E-state index contributed by atoms with van der Waals surface area (Å²) < 4.78 is 15.9. The number of carbonyl (C=O) groups is 2. The summed E-state index contributed by atoms with van der Waals surface area (Å²) in [6.07, 6.45) is 0.945. The summed E-state index contributed by atoms with van der Waals surface area (Å²) in [6.45, 7) is 6.37. The predicted molar refractivity (Wildman–Crippen MR) is 120 cm³/mol. The van der Waals surface area contributed by atoms with Crippen LogP contribution in [-0.4, -0.2) is 57.2 Å². The Morgan fingerprint density at radius 2 is 1.87 bits per heavy atom. The van der Waals surface area contributed by atoms with Gasteiger partial charge in [0.1, 0.15) is 10.6 Å². The lowest BCUT2D eigenvalue weighted by Gasteiger charge is -2.22. The number of nitrogens with zero attached hydrogens (tertiary/aromatic N) is 1. The smallest absolute Gasteiger partial charge is 0.341 e. The van der Waals surface area contributed by atoms with Gasteiger partial charge in [0.2, 0.25) is 5.91 Å². The maximum Gasteiger partial charge on any atom is 0.341 e. The Morgan fingerprint density at radius 3 is 2.47 bits per heavy atom. The zero-order chi connectivity index (χ0) is 22.3. The van der Waals surface area contributed by atoms with Crippen LogP contribution in [0, 0.1) is 0 Å². The maximum atomic E-state index is 12.7. The van der Waals surface area contributed by atoms with Crippen molar-refractivity contribution in [2.75, 3.05) is 39.7 Å². The first kappa shape index (κ1) is 23.7. The van der Waals surface area contributed by atoms with E-state index >= 15 is 0 Å². The van der Waals surface area contributed by atoms with E-state index in [1.165, 1.54) is 11.3 Å². The molecule has 0 radical (unpaired) electrons. The van der Waals surface area contributed by atoms with Crippen LogP contribution in [-0.2, 0) is 9.53 Å². The van der Waals surface area contributed by atoms with Gasteiger partial charge < -0.3 is 19.5 Å². The number of anilines is 1. The van der Waals surface area contributed by atoms with Gasteiger partial charge in [-0.3, -0.25) is 9.69 Å². The lowest BCUT2D eigenvalue weighted by molar-refractivity contribution is -0.117. The summed E-state index contributed by atoms with van der Waals surface area (Å²) in [5.74, 6) is 0.491. The number of methoxy groups -OCH3 is 2. The van der Waals surface area contributed by atoms with Crippen LogP contribution in [0.4, 0.5) is 5.00 Å². The SMILES string of the molecule is CCOC(=O)c1c(-c2ccc(OC)c(OC)c2)csc1NC(=O)CN(C)C(C)CC. The van der Waals surface area contributed by atoms with Crippen LogP contribution in [0.2, 0.25) is 0 Å². The van der Waals surface area contributed by atoms with E-state index in [0.29, 0.717) is 27.6 Å². The highest BCUT2D eigenvalue weighted by Crippen LogP contribution is 2.39. The number of rotatable bonds is 10. The average Bonchev–Trinajstić information content (AvgIpc) is 3.15. The summed E-state index contributed by atoms with van der Waals surface area (Å²) in [5, 5.41) is 5.19. The Kier molecular flexibility index (Phi) is 8.68. The van der Waals surface area contributed by atoms with E-state index in [0.717, 1.165) is 12.0 Å². The van der Waals surface area contributed by atoms with E-state index in [4.69, 9.17) is 14.2 Å². The van der Waals surface area contributed by atoms with Crippen LogP contribution in [0.3, 0.4) is 0 Å². The standard InChI is InChI=1S/C22H30N2O5S/c1-7-14(3)24(4)12-19(25)23-21-20(22(26)29-8-2)16(13-30-21)15-9-10-17(27-5)18(11-15)28-6/h9-11,13-14H,7-8,12H2,1-6H3,(H,23,25). The van der Waals surface area contributed by atoms with Crippen molar-refractivity contribution in [3.05, 3.63) is 29.1 Å². The highest BCUT2D eigenvalue weighted by atomic mass is 32.1. The molecular formula is C22H30N2O5S. The van der Waals surface area contributed by atoms with Gasteiger partial charge in [0, 0.05) is 17.0 Å². The van der Waals surface area contributed by atoms with E-state index in [1.807, 2.05) is 23.4 Å². The predicted octanol–water partition coefficient (Wildman–Crippen LogP) is 4.28. The van der Waals surface area contributed by atoms with Gasteiger partial charge in [-0.05, 0) is 45.0 Å². The number of esters is 1. The molecule has 1 atom stereocenters. The number of ether oxygens (including phenoxy) is 3. The van der Waals surface area contributed by atoms with Gasteiger partial charge in [-0.1, -0.05) is 13.0 Å². The zero-order valence-corrected chi connectivity index (χ0v) is 19.2. The van der Waals surface area contributed by atoms with E-state index in [2.05, 4.69) is 19.2 Å². The first-order valence-corrected chi connectivity index (χ1v) is 10.7. The molecule has 30 heavy (non-hydrogen) atoms. The molecule has 1 unspecified atom stereocenters. The second kappa shape index (κ2) is 11.0. The third-order valence-corrected chi connectivity index (χ3v) is 5.85. The summed E-state index contributed by atoms with van der Waals surface area (Å²) in [4.78, 5) is 27.3. The van der Waals surface area contributed by atoms with Gasteiger partial charge in [0.05, 0.1) is 27.4 Å². The number of likely N-dealkylation sites (N-methyl/N-ethyl adjacent to an activating group) is 1. The molecule has 0 saturated heterocycles. The molecule has 7 nitrogen and oxygen atoms in total. The van der Waals surface area contributed by atoms with Crippen molar-refractivity contribution in [1.82, 2.24) is 4.90 Å². The van der Waals surface area contributed by atoms with Crippen LogP contribution in [0.25, 0.3) is 11.1 Å². The van der Waals surface area contributed by atoms with Crippen LogP contribution in [0.5, 0.6) is 11.5 Å². The Morgan fingerprint density at radius 1 is 1.17 bits per heavy atom. The van der Waals surface area contributed by atoms with Crippen molar-refractivity contribution in [2.45, 2.75) is 33.2 Å². The minimum Gasteiger partial charge on any atom is -0.493 e. The Labute approximate surface area is 181 Å². The highest BCUT2D eigenvalue weighted by Gasteiger charge is 2.24. The van der Waals surface area contributed by atoms with Crippen molar-refractivity contribution < 1.29 is 23.8 Å². The van der Waals surface area contributed by atoms with E-state index < -0.39 is 5.97 Å². The molecule has 0 bridgehead atoms. The van der Waals surface area contributed by atoms with Crippen LogP contribution < -0.4 is 14.8 Å². The van der Waals surface area contributed by atoms with Crippen molar-refractivity contribution in [3.63, 3.8) is 0 Å². The first-order chi connectivity index (χ1) is 14.4. The number of nitrogens with one attached hydrogen (secondary N) is 1. The number of hydrogen-bond acceptors (Lipinski definition) is 7. The topological polar surface area (TPSA) is 77.1 Å². The number of thiophene rings is 1. The van der Waals surface area contributed by atoms with E-state index in [1.54, 1.807) is 33.3 Å². The Balaban J connectivity index is 2.38. The normalized spacial score (nSPS) is 11.8. The quantitative estimate of drug-likeness (QED) is 0.563. The Bertz CT molecular complexity index is 880. The fraction of sp³-hybridized carbons (Fsp3) is 0.455. The van der Waals surface area contributed by atoms with Gasteiger partial charge >= 0.3 is 5.97 Å². The summed E-state index contributed by atoms with van der Waals surface area (Å²) in [6, 6.07) is 5.70. The van der Waals surface area contributed by atoms with Crippen molar-refractivity contribution >= 4 is 28.2 Å². The average molecular weight is 435 g/mol. The molecule has 1 aromatic carbocycles. The van der Waals surface area contributed by atoms with E-state index in [-0.39, 0.29) is 25.1 Å². The maximum absolute atomic E-state index is 12.7. The summed E-state index contributed by atoms with van der Waals surface area (Å²) >= 11 is 1.29. The molecule has 0 aliphatic heterocycles. The molecule has 1 aromatic heterocycles. The van der Waals surface area contributed by atoms with Gasteiger partial charge in [0.25, 0.3) is 0 Å². The molecule has 1 amide bonds. The third-order valence-electron chi connectivity index (χ3n) is 4.95. The van der Waals surface area contributed by atoms with E-state index in [9.17, 15) is 9.59 Å².